The lowest BCUT2D eigenvalue weighted by atomic mass is 9.87. The van der Waals surface area contributed by atoms with E-state index >= 15 is 0 Å². The number of H-pyrrole nitrogens is 1. The summed E-state index contributed by atoms with van der Waals surface area (Å²) in [5.74, 6) is -0.379. The van der Waals surface area contributed by atoms with Gasteiger partial charge in [0.05, 0.1) is 16.6 Å². The molecule has 0 atom stereocenters. The Morgan fingerprint density at radius 3 is 2.24 bits per heavy atom. The summed E-state index contributed by atoms with van der Waals surface area (Å²) in [4.78, 5) is 19.2. The lowest BCUT2D eigenvalue weighted by Crippen LogP contribution is -2.14. The Hall–Kier alpha value is -3.87. The largest absolute Gasteiger partial charge is 0.417 e. The topological polar surface area (TPSA) is 71.8 Å². The van der Waals surface area contributed by atoms with Crippen molar-refractivity contribution < 1.29 is 18.0 Å². The number of aromatic amines is 1. The van der Waals surface area contributed by atoms with Gasteiger partial charge in [0.1, 0.15) is 5.82 Å². The van der Waals surface area contributed by atoms with Crippen LogP contribution in [0, 0.1) is 0 Å². The summed E-state index contributed by atoms with van der Waals surface area (Å²) in [5.41, 5.74) is 7.31. The first-order chi connectivity index (χ1) is 15.9. The number of amides is 1. The lowest BCUT2D eigenvalue weighted by Gasteiger charge is -2.18. The van der Waals surface area contributed by atoms with Crippen molar-refractivity contribution in [2.45, 2.75) is 32.4 Å². The van der Waals surface area contributed by atoms with E-state index in [0.29, 0.717) is 11.3 Å². The van der Waals surface area contributed by atoms with E-state index in [2.05, 4.69) is 42.9 Å². The second-order valence-electron chi connectivity index (χ2n) is 9.15. The fraction of sp³-hybridized carbons (Fsp3) is 0.185. The van der Waals surface area contributed by atoms with E-state index in [1.54, 1.807) is 18.2 Å². The van der Waals surface area contributed by atoms with Gasteiger partial charge in [-0.3, -0.25) is 4.79 Å². The Kier molecular flexibility index (Phi) is 5.81. The van der Waals surface area contributed by atoms with E-state index in [1.807, 2.05) is 18.2 Å². The van der Waals surface area contributed by atoms with Crippen LogP contribution in [-0.2, 0) is 11.6 Å². The molecule has 1 heterocycles. The average molecular weight is 464 g/mol. The standard InChI is InChI=1S/C27H24F3N3O/c1-26(2,3)17-11-8-16(9-12-17)10-13-24-32-22-14-20(18-6-4-5-7-19(18)25(31)34)21(27(28,29)30)15-23(22)33-24/h4-15H,1-3H3,(H2,31,34)(H,32,33). The van der Waals surface area contributed by atoms with Gasteiger partial charge in [0.25, 0.3) is 0 Å². The molecule has 0 saturated carbocycles. The summed E-state index contributed by atoms with van der Waals surface area (Å²) in [6, 6.07) is 16.4. The van der Waals surface area contributed by atoms with Crippen molar-refractivity contribution in [2.24, 2.45) is 5.73 Å². The van der Waals surface area contributed by atoms with Gasteiger partial charge < -0.3 is 10.7 Å². The normalized spacial score (nSPS) is 12.5. The van der Waals surface area contributed by atoms with Crippen LogP contribution in [0.5, 0.6) is 0 Å². The number of fused-ring (bicyclic) bond motifs is 1. The Balaban J connectivity index is 1.76. The zero-order chi connectivity index (χ0) is 24.7. The Labute approximate surface area is 195 Å². The molecule has 34 heavy (non-hydrogen) atoms. The number of carbonyl (C=O) groups is 1. The number of carbonyl (C=O) groups excluding carboxylic acids is 1. The second-order valence-corrected chi connectivity index (χ2v) is 9.15. The van der Waals surface area contributed by atoms with E-state index in [-0.39, 0.29) is 27.6 Å². The molecule has 1 aromatic heterocycles. The van der Waals surface area contributed by atoms with Crippen LogP contribution in [0.25, 0.3) is 34.3 Å². The smallest absolute Gasteiger partial charge is 0.366 e. The highest BCUT2D eigenvalue weighted by atomic mass is 19.4. The first kappa shape index (κ1) is 23.3. The van der Waals surface area contributed by atoms with E-state index in [4.69, 9.17) is 5.73 Å². The van der Waals surface area contributed by atoms with Gasteiger partial charge >= 0.3 is 6.18 Å². The number of aromatic nitrogens is 2. The number of rotatable bonds is 4. The third-order valence-corrected chi connectivity index (χ3v) is 5.64. The molecule has 3 N–H and O–H groups in total. The van der Waals surface area contributed by atoms with Crippen molar-refractivity contribution in [1.82, 2.24) is 9.97 Å². The monoisotopic (exact) mass is 463 g/mol. The van der Waals surface area contributed by atoms with Gasteiger partial charge in [-0.2, -0.15) is 13.2 Å². The van der Waals surface area contributed by atoms with Gasteiger partial charge in [0.15, 0.2) is 0 Å². The molecule has 0 unspecified atom stereocenters. The van der Waals surface area contributed by atoms with Gasteiger partial charge in [-0.15, -0.1) is 0 Å². The second kappa shape index (κ2) is 8.48. The quantitative estimate of drug-likeness (QED) is 0.349. The Bertz CT molecular complexity index is 1390. The molecule has 7 heteroatoms. The molecule has 0 aliphatic heterocycles. The molecule has 0 aliphatic carbocycles. The van der Waals surface area contributed by atoms with Crippen molar-refractivity contribution in [3.8, 4) is 11.1 Å². The molecule has 4 aromatic rings. The van der Waals surface area contributed by atoms with Crippen LogP contribution < -0.4 is 5.73 Å². The average Bonchev–Trinajstić information content (AvgIpc) is 3.18. The molecule has 0 aliphatic rings. The van der Waals surface area contributed by atoms with Crippen LogP contribution in [0.3, 0.4) is 0 Å². The number of alkyl halides is 3. The van der Waals surface area contributed by atoms with Crippen molar-refractivity contribution in [1.29, 1.82) is 0 Å². The first-order valence-corrected chi connectivity index (χ1v) is 10.7. The molecule has 174 valence electrons. The summed E-state index contributed by atoms with van der Waals surface area (Å²) in [6.07, 6.45) is -1.07. The van der Waals surface area contributed by atoms with Crippen LogP contribution in [-0.4, -0.2) is 15.9 Å². The van der Waals surface area contributed by atoms with Crippen LogP contribution in [0.4, 0.5) is 13.2 Å². The van der Waals surface area contributed by atoms with Gasteiger partial charge in [-0.05, 0) is 51.9 Å². The predicted octanol–water partition coefficient (Wildman–Crippen LogP) is 6.82. The number of benzene rings is 3. The minimum absolute atomic E-state index is 0.0155. The van der Waals surface area contributed by atoms with Crippen LogP contribution >= 0.6 is 0 Å². The molecule has 0 fully saturated rings. The molecule has 0 saturated heterocycles. The molecular weight excluding hydrogens is 439 g/mol. The molecule has 4 rings (SSSR count). The highest BCUT2D eigenvalue weighted by molar-refractivity contribution is 6.01. The third kappa shape index (κ3) is 4.73. The summed E-state index contributed by atoms with van der Waals surface area (Å²) in [7, 11) is 0. The van der Waals surface area contributed by atoms with Crippen molar-refractivity contribution in [3.63, 3.8) is 0 Å². The van der Waals surface area contributed by atoms with Crippen molar-refractivity contribution in [3.05, 3.63) is 88.7 Å². The van der Waals surface area contributed by atoms with Crippen LogP contribution in [0.2, 0.25) is 0 Å². The Morgan fingerprint density at radius 1 is 0.941 bits per heavy atom. The first-order valence-electron chi connectivity index (χ1n) is 10.7. The molecular formula is C27H24F3N3O. The summed E-state index contributed by atoms with van der Waals surface area (Å²) in [5, 5.41) is 0. The maximum absolute atomic E-state index is 13.9. The summed E-state index contributed by atoms with van der Waals surface area (Å²) in [6.45, 7) is 6.41. The van der Waals surface area contributed by atoms with Crippen LogP contribution in [0.1, 0.15) is 53.6 Å². The minimum atomic E-state index is -4.63. The molecule has 3 aromatic carbocycles. The zero-order valence-corrected chi connectivity index (χ0v) is 19.0. The fourth-order valence-electron chi connectivity index (χ4n) is 3.82. The van der Waals surface area contributed by atoms with Crippen molar-refractivity contribution in [2.75, 3.05) is 0 Å². The van der Waals surface area contributed by atoms with E-state index in [0.717, 1.165) is 11.6 Å². The lowest BCUT2D eigenvalue weighted by molar-refractivity contribution is -0.137. The highest BCUT2D eigenvalue weighted by Gasteiger charge is 2.35. The van der Waals surface area contributed by atoms with E-state index < -0.39 is 17.6 Å². The van der Waals surface area contributed by atoms with Crippen LogP contribution in [0.15, 0.2) is 60.7 Å². The number of primary amides is 1. The van der Waals surface area contributed by atoms with Gasteiger partial charge in [0.2, 0.25) is 5.91 Å². The van der Waals surface area contributed by atoms with Gasteiger partial charge in [0, 0.05) is 5.56 Å². The van der Waals surface area contributed by atoms with Gasteiger partial charge in [-0.1, -0.05) is 69.3 Å². The number of hydrogen-bond acceptors (Lipinski definition) is 2. The molecule has 0 spiro atoms. The van der Waals surface area contributed by atoms with Crippen molar-refractivity contribution >= 4 is 29.1 Å². The minimum Gasteiger partial charge on any atom is -0.366 e. The Morgan fingerprint density at radius 2 is 1.62 bits per heavy atom. The summed E-state index contributed by atoms with van der Waals surface area (Å²) < 4.78 is 41.8. The molecule has 0 radical (unpaired) electrons. The predicted molar refractivity (Wildman–Crippen MR) is 129 cm³/mol. The number of nitrogens with two attached hydrogens (primary N) is 1. The number of nitrogens with zero attached hydrogens (tertiary/aromatic N) is 1. The molecule has 1 amide bonds. The number of halogens is 3. The van der Waals surface area contributed by atoms with E-state index in [9.17, 15) is 18.0 Å². The van der Waals surface area contributed by atoms with Gasteiger partial charge in [-0.25, -0.2) is 4.98 Å². The molecule has 4 nitrogen and oxygen atoms in total. The third-order valence-electron chi connectivity index (χ3n) is 5.64. The number of imidazole rings is 1. The molecule has 0 bridgehead atoms. The fourth-order valence-corrected chi connectivity index (χ4v) is 3.82. The van der Waals surface area contributed by atoms with E-state index in [1.165, 1.54) is 23.8 Å². The zero-order valence-electron chi connectivity index (χ0n) is 19.0. The number of nitrogens with one attached hydrogen (secondary N) is 1. The summed E-state index contributed by atoms with van der Waals surface area (Å²) >= 11 is 0. The number of hydrogen-bond donors (Lipinski definition) is 2. The SMILES string of the molecule is CC(C)(C)c1ccc(C=Cc2nc3cc(-c4ccccc4C(N)=O)c(C(F)(F)F)cc3[nH]2)cc1. The highest BCUT2D eigenvalue weighted by Crippen LogP contribution is 2.40. The maximum Gasteiger partial charge on any atom is 0.417 e. The maximum atomic E-state index is 13.9.